The number of hydrogen-bond donors (Lipinski definition) is 0. The summed E-state index contributed by atoms with van der Waals surface area (Å²) in [5, 5.41) is 20.8. The predicted octanol–water partition coefficient (Wildman–Crippen LogP) is 1.99. The molecule has 0 radical (unpaired) electrons. The summed E-state index contributed by atoms with van der Waals surface area (Å²) in [6, 6.07) is 6.56. The Balaban J connectivity index is 1.87. The Morgan fingerprint density at radius 2 is 2.07 bits per heavy atom. The molecule has 0 amide bonds. The van der Waals surface area contributed by atoms with Gasteiger partial charge in [-0.3, -0.25) is 4.65 Å². The van der Waals surface area contributed by atoms with Crippen molar-refractivity contribution < 1.29 is 17.9 Å². The molecule has 1 fully saturated rings. The molecule has 12 heteroatoms. The number of ether oxygens (including phenoxy) is 1. The Bertz CT molecular complexity index is 949. The molecule has 0 N–H and O–H groups in total. The first-order valence-corrected chi connectivity index (χ1v) is 11.2. The van der Waals surface area contributed by atoms with E-state index in [-0.39, 0.29) is 28.4 Å². The third kappa shape index (κ3) is 4.05. The maximum Gasteiger partial charge on any atom is 0.342 e. The number of nitrogens with zero attached hydrogens (tertiary/aromatic N) is 4. The molecule has 1 aliphatic heterocycles. The predicted molar refractivity (Wildman–Crippen MR) is 104 cm³/mol. The molecule has 1 aromatic carbocycles. The van der Waals surface area contributed by atoms with Gasteiger partial charge in [0.1, 0.15) is 6.67 Å². The second kappa shape index (κ2) is 7.53. The molecule has 146 valence electrons. The SMILES string of the molecule is CCS(=O)(=O)c1nnc([N+]2([O-])CN(C)CC2OC(=O)c2ccc(Br)cc2)s1. The quantitative estimate of drug-likeness (QED) is 0.365. The Hall–Kier alpha value is -1.44. The van der Waals surface area contributed by atoms with Crippen molar-refractivity contribution in [3.63, 3.8) is 0 Å². The smallest absolute Gasteiger partial charge is 0.342 e. The molecule has 9 nitrogen and oxygen atoms in total. The first kappa shape index (κ1) is 20.3. The largest absolute Gasteiger partial charge is 0.622 e. The van der Waals surface area contributed by atoms with Crippen LogP contribution in [0.5, 0.6) is 0 Å². The number of likely N-dealkylation sites (N-methyl/N-ethyl adjacent to an activating group) is 1. The summed E-state index contributed by atoms with van der Waals surface area (Å²) in [6.45, 7) is 1.66. The number of carbonyl (C=O) groups is 1. The Kier molecular flexibility index (Phi) is 5.66. The van der Waals surface area contributed by atoms with Crippen LogP contribution in [0.15, 0.2) is 33.1 Å². The number of hydroxylamine groups is 2. The minimum atomic E-state index is -3.56. The van der Waals surface area contributed by atoms with Gasteiger partial charge in [-0.2, -0.15) is 0 Å². The molecule has 0 saturated carbocycles. The van der Waals surface area contributed by atoms with Crippen molar-refractivity contribution in [1.82, 2.24) is 19.7 Å². The summed E-state index contributed by atoms with van der Waals surface area (Å²) in [5.74, 6) is -0.769. The van der Waals surface area contributed by atoms with Crippen LogP contribution >= 0.6 is 27.3 Å². The summed E-state index contributed by atoms with van der Waals surface area (Å²) < 4.78 is 28.9. The van der Waals surface area contributed by atoms with E-state index in [1.807, 2.05) is 0 Å². The van der Waals surface area contributed by atoms with Gasteiger partial charge in [-0.05, 0) is 42.6 Å². The van der Waals surface area contributed by atoms with E-state index >= 15 is 0 Å². The van der Waals surface area contributed by atoms with Crippen molar-refractivity contribution in [2.45, 2.75) is 17.5 Å². The Morgan fingerprint density at radius 3 is 2.70 bits per heavy atom. The van der Waals surface area contributed by atoms with Gasteiger partial charge >= 0.3 is 11.1 Å². The highest BCUT2D eigenvalue weighted by atomic mass is 79.9. The minimum absolute atomic E-state index is 0.0287. The number of sulfone groups is 1. The molecule has 2 unspecified atom stereocenters. The number of quaternary nitrogens is 1. The molecular formula is C15H17BrN4O5S2. The van der Waals surface area contributed by atoms with E-state index in [0.29, 0.717) is 16.9 Å². The van der Waals surface area contributed by atoms with Gasteiger partial charge in [0.05, 0.1) is 17.9 Å². The lowest BCUT2D eigenvalue weighted by Crippen LogP contribution is -2.50. The van der Waals surface area contributed by atoms with Gasteiger partial charge < -0.3 is 9.94 Å². The van der Waals surface area contributed by atoms with Crippen LogP contribution in [0, 0.1) is 5.21 Å². The molecule has 1 aliphatic rings. The van der Waals surface area contributed by atoms with E-state index in [1.165, 1.54) is 6.92 Å². The number of aromatic nitrogens is 2. The summed E-state index contributed by atoms with van der Waals surface area (Å²) in [4.78, 5) is 14.1. The van der Waals surface area contributed by atoms with Gasteiger partial charge in [-0.15, -0.1) is 5.10 Å². The lowest BCUT2D eigenvalue weighted by atomic mass is 10.2. The molecule has 2 aromatic rings. The number of halogens is 1. The van der Waals surface area contributed by atoms with Crippen molar-refractivity contribution in [3.8, 4) is 0 Å². The topological polar surface area (TPSA) is 113 Å². The van der Waals surface area contributed by atoms with Crippen LogP contribution in [-0.4, -0.2) is 61.7 Å². The molecule has 0 spiro atoms. The Labute approximate surface area is 168 Å². The minimum Gasteiger partial charge on any atom is -0.622 e. The molecule has 1 saturated heterocycles. The van der Waals surface area contributed by atoms with Gasteiger partial charge in [0, 0.05) is 4.47 Å². The molecule has 27 heavy (non-hydrogen) atoms. The van der Waals surface area contributed by atoms with Gasteiger partial charge in [-0.1, -0.05) is 28.0 Å². The van der Waals surface area contributed by atoms with Gasteiger partial charge in [0.15, 0.2) is 0 Å². The maximum absolute atomic E-state index is 13.4. The normalized spacial score (nSPS) is 23.5. The first-order chi connectivity index (χ1) is 12.7. The zero-order valence-electron chi connectivity index (χ0n) is 14.5. The molecule has 2 heterocycles. The van der Waals surface area contributed by atoms with Crippen LogP contribution in [0.4, 0.5) is 5.13 Å². The molecular weight excluding hydrogens is 460 g/mol. The summed E-state index contributed by atoms with van der Waals surface area (Å²) in [6.07, 6.45) is -1.07. The fourth-order valence-electron chi connectivity index (χ4n) is 2.59. The van der Waals surface area contributed by atoms with E-state index in [2.05, 4.69) is 26.1 Å². The van der Waals surface area contributed by atoms with E-state index < -0.39 is 26.7 Å². The third-order valence-electron chi connectivity index (χ3n) is 4.07. The van der Waals surface area contributed by atoms with E-state index in [4.69, 9.17) is 4.74 Å². The molecule has 3 rings (SSSR count). The monoisotopic (exact) mass is 476 g/mol. The van der Waals surface area contributed by atoms with Crippen molar-refractivity contribution in [3.05, 3.63) is 39.5 Å². The molecule has 0 aliphatic carbocycles. The van der Waals surface area contributed by atoms with Crippen LogP contribution in [0.1, 0.15) is 17.3 Å². The maximum atomic E-state index is 13.4. The first-order valence-electron chi connectivity index (χ1n) is 7.96. The fourth-order valence-corrected chi connectivity index (χ4v) is 5.01. The molecule has 2 atom stereocenters. The number of carbonyl (C=O) groups excluding carboxylic acids is 1. The van der Waals surface area contributed by atoms with Crippen molar-refractivity contribution in [2.75, 3.05) is 26.0 Å². The van der Waals surface area contributed by atoms with Crippen LogP contribution in [-0.2, 0) is 14.6 Å². The van der Waals surface area contributed by atoms with Crippen molar-refractivity contribution >= 4 is 48.2 Å². The lowest BCUT2D eigenvalue weighted by molar-refractivity contribution is 0.00559. The summed E-state index contributed by atoms with van der Waals surface area (Å²) in [5.41, 5.74) is 0.311. The average molecular weight is 477 g/mol. The number of rotatable bonds is 5. The molecule has 0 bridgehead atoms. The average Bonchev–Trinajstić information content (AvgIpc) is 3.22. The highest BCUT2D eigenvalue weighted by molar-refractivity contribution is 9.10. The highest BCUT2D eigenvalue weighted by Gasteiger charge is 2.46. The third-order valence-corrected chi connectivity index (χ3v) is 7.82. The zero-order chi connectivity index (χ0) is 19.8. The standard InChI is InChI=1S/C15H17BrN4O5S2/c1-3-27(23,24)15-18-17-14(26-15)20(22)9-19(2)8-12(20)25-13(21)10-4-6-11(16)7-5-10/h4-7,12H,3,8-9H2,1-2H3. The van der Waals surface area contributed by atoms with Crippen LogP contribution in [0.2, 0.25) is 0 Å². The fraction of sp³-hybridized carbons (Fsp3) is 0.400. The van der Waals surface area contributed by atoms with E-state index in [0.717, 1.165) is 4.47 Å². The number of hydrogen-bond acceptors (Lipinski definition) is 9. The number of benzene rings is 1. The summed E-state index contributed by atoms with van der Waals surface area (Å²) >= 11 is 4.01. The number of esters is 1. The second-order valence-corrected chi connectivity index (χ2v) is 10.4. The lowest BCUT2D eigenvalue weighted by Gasteiger charge is -2.38. The van der Waals surface area contributed by atoms with E-state index in [9.17, 15) is 18.4 Å². The van der Waals surface area contributed by atoms with Crippen molar-refractivity contribution in [2.24, 2.45) is 0 Å². The zero-order valence-corrected chi connectivity index (χ0v) is 17.8. The van der Waals surface area contributed by atoms with Crippen molar-refractivity contribution in [1.29, 1.82) is 0 Å². The highest BCUT2D eigenvalue weighted by Crippen LogP contribution is 2.35. The summed E-state index contributed by atoms with van der Waals surface area (Å²) in [7, 11) is -1.85. The van der Waals surface area contributed by atoms with Gasteiger partial charge in [0.2, 0.25) is 14.2 Å². The van der Waals surface area contributed by atoms with Gasteiger partial charge in [-0.25, -0.2) is 18.1 Å². The van der Waals surface area contributed by atoms with Crippen LogP contribution in [0.25, 0.3) is 0 Å². The van der Waals surface area contributed by atoms with Crippen LogP contribution < -0.4 is 4.65 Å². The van der Waals surface area contributed by atoms with E-state index in [1.54, 1.807) is 36.2 Å². The second-order valence-electron chi connectivity index (χ2n) is 6.10. The Morgan fingerprint density at radius 1 is 1.41 bits per heavy atom. The van der Waals surface area contributed by atoms with Crippen LogP contribution in [0.3, 0.4) is 0 Å². The van der Waals surface area contributed by atoms with Gasteiger partial charge in [0.25, 0.3) is 6.23 Å². The molecule has 1 aromatic heterocycles.